The smallest absolute Gasteiger partial charge is 0.378 e. The average molecular weight is 245 g/mol. The molecule has 94 valence electrons. The van der Waals surface area contributed by atoms with Gasteiger partial charge in [0, 0.05) is 25.9 Å². The number of hydrogen-bond donors (Lipinski definition) is 0. The van der Waals surface area contributed by atoms with Crippen molar-refractivity contribution in [3.8, 4) is 0 Å². The van der Waals surface area contributed by atoms with Crippen molar-refractivity contribution in [3.05, 3.63) is 29.3 Å². The Kier molecular flexibility index (Phi) is 3.03. The number of anilines is 1. The Morgan fingerprint density at radius 2 is 1.88 bits per heavy atom. The summed E-state index contributed by atoms with van der Waals surface area (Å²) in [6, 6.07) is 4.12. The molecule has 0 saturated carbocycles. The molecule has 0 aromatic heterocycles. The van der Waals surface area contributed by atoms with Crippen molar-refractivity contribution >= 4 is 5.69 Å². The van der Waals surface area contributed by atoms with Crippen molar-refractivity contribution in [1.82, 2.24) is 0 Å². The predicted octanol–water partition coefficient (Wildman–Crippen LogP) is 2.85. The highest BCUT2D eigenvalue weighted by Gasteiger charge is 2.33. The van der Waals surface area contributed by atoms with Crippen LogP contribution < -0.4 is 4.90 Å². The van der Waals surface area contributed by atoms with Crippen LogP contribution in [0.15, 0.2) is 18.2 Å². The Labute approximate surface area is 98.0 Å². The van der Waals surface area contributed by atoms with E-state index >= 15 is 0 Å². The maximum absolute atomic E-state index is 12.6. The number of ether oxygens (including phenoxy) is 1. The third-order valence-electron chi connectivity index (χ3n) is 2.94. The molecule has 1 aromatic rings. The molecule has 1 saturated heterocycles. The molecule has 0 radical (unpaired) electrons. The van der Waals surface area contributed by atoms with Gasteiger partial charge in [0.1, 0.15) is 0 Å². The van der Waals surface area contributed by atoms with Crippen molar-refractivity contribution in [2.75, 3.05) is 25.1 Å². The largest absolute Gasteiger partial charge is 0.416 e. The molecular weight excluding hydrogens is 231 g/mol. The van der Waals surface area contributed by atoms with E-state index in [1.165, 1.54) is 6.07 Å². The highest BCUT2D eigenvalue weighted by atomic mass is 19.4. The van der Waals surface area contributed by atoms with Crippen LogP contribution in [-0.4, -0.2) is 26.3 Å². The van der Waals surface area contributed by atoms with Gasteiger partial charge in [-0.05, 0) is 30.7 Å². The molecule has 0 aliphatic carbocycles. The fourth-order valence-electron chi connectivity index (χ4n) is 1.91. The number of methoxy groups -OCH3 is 1. The minimum absolute atomic E-state index is 0.129. The number of alkyl halides is 3. The summed E-state index contributed by atoms with van der Waals surface area (Å²) in [5.41, 5.74) is 0.648. The van der Waals surface area contributed by atoms with Crippen molar-refractivity contribution in [1.29, 1.82) is 0 Å². The van der Waals surface area contributed by atoms with Crippen LogP contribution in [0.4, 0.5) is 18.9 Å². The maximum atomic E-state index is 12.6. The van der Waals surface area contributed by atoms with Gasteiger partial charge in [0.15, 0.2) is 0 Å². The van der Waals surface area contributed by atoms with Gasteiger partial charge in [0.25, 0.3) is 0 Å². The summed E-state index contributed by atoms with van der Waals surface area (Å²) in [5.74, 6) is 0. The van der Waals surface area contributed by atoms with Crippen LogP contribution in [0.3, 0.4) is 0 Å². The second kappa shape index (κ2) is 4.22. The monoisotopic (exact) mass is 245 g/mol. The van der Waals surface area contributed by atoms with E-state index in [2.05, 4.69) is 0 Å². The van der Waals surface area contributed by atoms with Crippen molar-refractivity contribution in [2.24, 2.45) is 0 Å². The highest BCUT2D eigenvalue weighted by molar-refractivity contribution is 5.53. The fraction of sp³-hybridized carbons (Fsp3) is 0.500. The third-order valence-corrected chi connectivity index (χ3v) is 2.94. The van der Waals surface area contributed by atoms with Gasteiger partial charge in [-0.1, -0.05) is 0 Å². The van der Waals surface area contributed by atoms with Crippen LogP contribution in [-0.2, 0) is 10.9 Å². The molecule has 0 N–H and O–H groups in total. The van der Waals surface area contributed by atoms with Gasteiger partial charge in [-0.3, -0.25) is 0 Å². The van der Waals surface area contributed by atoms with Gasteiger partial charge in [-0.25, -0.2) is 0 Å². The Bertz CT molecular complexity index is 411. The van der Waals surface area contributed by atoms with Crippen LogP contribution in [0.2, 0.25) is 0 Å². The zero-order chi connectivity index (χ0) is 12.6. The predicted molar refractivity (Wildman–Crippen MR) is 59.2 cm³/mol. The van der Waals surface area contributed by atoms with Gasteiger partial charge >= 0.3 is 6.18 Å². The summed E-state index contributed by atoms with van der Waals surface area (Å²) in [6.45, 7) is 2.97. The molecule has 1 aromatic carbocycles. The van der Waals surface area contributed by atoms with Crippen LogP contribution in [0.5, 0.6) is 0 Å². The number of aryl methyl sites for hydroxylation is 1. The molecule has 17 heavy (non-hydrogen) atoms. The van der Waals surface area contributed by atoms with Crippen LogP contribution in [0.25, 0.3) is 0 Å². The molecule has 0 atom stereocenters. The lowest BCUT2D eigenvalue weighted by atomic mass is 10.1. The van der Waals surface area contributed by atoms with Crippen molar-refractivity contribution in [2.45, 2.75) is 19.2 Å². The van der Waals surface area contributed by atoms with E-state index in [0.29, 0.717) is 24.3 Å². The number of benzene rings is 1. The first-order valence-corrected chi connectivity index (χ1v) is 5.37. The highest BCUT2D eigenvalue weighted by Crippen LogP contribution is 2.34. The van der Waals surface area contributed by atoms with Gasteiger partial charge in [-0.2, -0.15) is 13.2 Å². The van der Waals surface area contributed by atoms with Crippen molar-refractivity contribution in [3.63, 3.8) is 0 Å². The topological polar surface area (TPSA) is 12.5 Å². The van der Waals surface area contributed by atoms with Crippen LogP contribution in [0.1, 0.15) is 11.1 Å². The van der Waals surface area contributed by atoms with E-state index in [-0.39, 0.29) is 6.10 Å². The summed E-state index contributed by atoms with van der Waals surface area (Å²) < 4.78 is 43.0. The first kappa shape index (κ1) is 12.2. The molecule has 5 heteroatoms. The van der Waals surface area contributed by atoms with Crippen LogP contribution in [0, 0.1) is 6.92 Å². The van der Waals surface area contributed by atoms with Crippen LogP contribution >= 0.6 is 0 Å². The summed E-state index contributed by atoms with van der Waals surface area (Å²) in [5, 5.41) is 0. The molecular formula is C12H14F3NO. The molecule has 2 rings (SSSR count). The second-order valence-electron chi connectivity index (χ2n) is 4.32. The maximum Gasteiger partial charge on any atom is 0.416 e. The van der Waals surface area contributed by atoms with Gasteiger partial charge in [0.05, 0.1) is 11.7 Å². The number of hydrogen-bond acceptors (Lipinski definition) is 2. The average Bonchev–Trinajstić information content (AvgIpc) is 2.13. The lowest BCUT2D eigenvalue weighted by Crippen LogP contribution is -2.52. The standard InChI is InChI=1S/C12H14F3NO/c1-8-3-9(12(13,14)15)5-10(4-8)16-6-11(7-16)17-2/h3-5,11H,6-7H2,1-2H3. The number of halogens is 3. The summed E-state index contributed by atoms with van der Waals surface area (Å²) >= 11 is 0. The molecule has 1 aliphatic heterocycles. The zero-order valence-electron chi connectivity index (χ0n) is 9.71. The summed E-state index contributed by atoms with van der Waals surface area (Å²) in [6.07, 6.45) is -4.16. The molecule has 0 unspecified atom stereocenters. The lowest BCUT2D eigenvalue weighted by Gasteiger charge is -2.40. The Morgan fingerprint density at radius 3 is 2.41 bits per heavy atom. The van der Waals surface area contributed by atoms with E-state index in [4.69, 9.17) is 4.74 Å². The number of rotatable bonds is 2. The molecule has 2 nitrogen and oxygen atoms in total. The second-order valence-corrected chi connectivity index (χ2v) is 4.32. The molecule has 1 heterocycles. The minimum Gasteiger partial charge on any atom is -0.378 e. The van der Waals surface area contributed by atoms with E-state index < -0.39 is 11.7 Å². The molecule has 1 fully saturated rings. The molecule has 0 spiro atoms. The van der Waals surface area contributed by atoms with E-state index in [1.807, 2.05) is 4.90 Å². The van der Waals surface area contributed by atoms with E-state index in [0.717, 1.165) is 6.07 Å². The quantitative estimate of drug-likeness (QED) is 0.794. The normalized spacial score (nSPS) is 17.1. The van der Waals surface area contributed by atoms with Gasteiger partial charge in [0.2, 0.25) is 0 Å². The Hall–Kier alpha value is -1.23. The first-order valence-electron chi connectivity index (χ1n) is 5.37. The summed E-state index contributed by atoms with van der Waals surface area (Å²) in [4.78, 5) is 1.89. The third kappa shape index (κ3) is 2.54. The van der Waals surface area contributed by atoms with Crippen molar-refractivity contribution < 1.29 is 17.9 Å². The number of nitrogens with zero attached hydrogens (tertiary/aromatic N) is 1. The minimum atomic E-state index is -4.29. The van der Waals surface area contributed by atoms with E-state index in [1.54, 1.807) is 20.1 Å². The summed E-state index contributed by atoms with van der Waals surface area (Å²) in [7, 11) is 1.61. The molecule has 0 amide bonds. The first-order chi connectivity index (χ1) is 7.90. The fourth-order valence-corrected chi connectivity index (χ4v) is 1.91. The zero-order valence-corrected chi connectivity index (χ0v) is 9.71. The van der Waals surface area contributed by atoms with Gasteiger partial charge in [-0.15, -0.1) is 0 Å². The Balaban J connectivity index is 2.22. The SMILES string of the molecule is COC1CN(c2cc(C)cc(C(F)(F)F)c2)C1. The van der Waals surface area contributed by atoms with E-state index in [9.17, 15) is 13.2 Å². The molecule has 1 aliphatic rings. The molecule has 0 bridgehead atoms. The Morgan fingerprint density at radius 1 is 1.24 bits per heavy atom. The van der Waals surface area contributed by atoms with Gasteiger partial charge < -0.3 is 9.64 Å². The lowest BCUT2D eigenvalue weighted by molar-refractivity contribution is -0.137.